The van der Waals surface area contributed by atoms with Gasteiger partial charge in [-0.2, -0.15) is 0 Å². The van der Waals surface area contributed by atoms with Gasteiger partial charge in [0.1, 0.15) is 6.10 Å². The molecule has 5 nitrogen and oxygen atoms in total. The molecule has 0 fully saturated rings. The van der Waals surface area contributed by atoms with Crippen LogP contribution in [0.15, 0.2) is 18.2 Å². The number of carbonyl (C=O) groups excluding carboxylic acids is 2. The van der Waals surface area contributed by atoms with Crippen molar-refractivity contribution in [2.75, 3.05) is 6.54 Å². The minimum Gasteiger partial charge on any atom is -0.390 e. The maximum atomic E-state index is 10.7. The molecular formula is C13H16ClNO4. The van der Waals surface area contributed by atoms with E-state index in [4.69, 9.17) is 11.6 Å². The van der Waals surface area contributed by atoms with Crippen LogP contribution < -0.4 is 5.32 Å². The molecule has 0 aliphatic rings. The van der Waals surface area contributed by atoms with Crippen LogP contribution in [0.5, 0.6) is 0 Å². The van der Waals surface area contributed by atoms with E-state index in [2.05, 4.69) is 5.32 Å². The highest BCUT2D eigenvalue weighted by Gasteiger charge is 2.19. The summed E-state index contributed by atoms with van der Waals surface area (Å²) in [6.07, 6.45) is -1.38. The molecule has 3 N–H and O–H groups in total. The smallest absolute Gasteiger partial charge is 0.216 e. The number of amides is 1. The molecule has 104 valence electrons. The molecule has 0 aliphatic heterocycles. The largest absolute Gasteiger partial charge is 0.390 e. The third-order valence-electron chi connectivity index (χ3n) is 2.67. The van der Waals surface area contributed by atoms with Gasteiger partial charge in [-0.15, -0.1) is 0 Å². The average Bonchev–Trinajstić information content (AvgIpc) is 2.38. The lowest BCUT2D eigenvalue weighted by atomic mass is 10.0. The Morgan fingerprint density at radius 2 is 2.16 bits per heavy atom. The SMILES string of the molecule is CC(=O)NCCC(O)C(O)c1ccc(Cl)c(C=O)c1. The summed E-state index contributed by atoms with van der Waals surface area (Å²) in [7, 11) is 0. The molecule has 19 heavy (non-hydrogen) atoms. The summed E-state index contributed by atoms with van der Waals surface area (Å²) in [6.45, 7) is 1.64. The second-order valence-electron chi connectivity index (χ2n) is 4.18. The van der Waals surface area contributed by atoms with Crippen molar-refractivity contribution in [3.63, 3.8) is 0 Å². The van der Waals surface area contributed by atoms with Gasteiger partial charge in [-0.25, -0.2) is 0 Å². The summed E-state index contributed by atoms with van der Waals surface area (Å²) < 4.78 is 0. The standard InChI is InChI=1S/C13H16ClNO4/c1-8(17)15-5-4-12(18)13(19)9-2-3-11(14)10(6-9)7-16/h2-3,6-7,12-13,18-19H,4-5H2,1H3,(H,15,17). The molecule has 2 unspecified atom stereocenters. The molecule has 0 heterocycles. The van der Waals surface area contributed by atoms with Gasteiger partial charge in [0.15, 0.2) is 6.29 Å². The number of aliphatic hydroxyl groups excluding tert-OH is 2. The van der Waals surface area contributed by atoms with E-state index in [1.54, 1.807) is 6.07 Å². The zero-order chi connectivity index (χ0) is 14.4. The second-order valence-corrected chi connectivity index (χ2v) is 4.59. The number of hydrogen-bond acceptors (Lipinski definition) is 4. The number of rotatable bonds is 6. The van der Waals surface area contributed by atoms with Gasteiger partial charge in [0.05, 0.1) is 11.1 Å². The van der Waals surface area contributed by atoms with Crippen LogP contribution in [-0.4, -0.2) is 35.1 Å². The summed E-state index contributed by atoms with van der Waals surface area (Å²) >= 11 is 5.78. The van der Waals surface area contributed by atoms with Gasteiger partial charge in [-0.05, 0) is 24.1 Å². The third-order valence-corrected chi connectivity index (χ3v) is 3.01. The highest BCUT2D eigenvalue weighted by Crippen LogP contribution is 2.23. The molecule has 1 amide bonds. The van der Waals surface area contributed by atoms with E-state index in [0.29, 0.717) is 16.9 Å². The third kappa shape index (κ3) is 4.63. The second kappa shape index (κ2) is 7.23. The predicted octanol–water partition coefficient (Wildman–Crippen LogP) is 1.07. The molecule has 1 aromatic rings. The fraction of sp³-hybridized carbons (Fsp3) is 0.385. The number of halogens is 1. The molecule has 0 saturated heterocycles. The van der Waals surface area contributed by atoms with Gasteiger partial charge in [-0.3, -0.25) is 9.59 Å². The molecule has 1 aromatic carbocycles. The van der Waals surface area contributed by atoms with E-state index in [-0.39, 0.29) is 24.4 Å². The van der Waals surface area contributed by atoms with Crippen LogP contribution in [0, 0.1) is 0 Å². The normalized spacial score (nSPS) is 13.7. The molecule has 0 saturated carbocycles. The summed E-state index contributed by atoms with van der Waals surface area (Å²) in [4.78, 5) is 21.4. The van der Waals surface area contributed by atoms with Gasteiger partial charge in [0, 0.05) is 19.0 Å². The number of aldehydes is 1. The van der Waals surface area contributed by atoms with E-state index in [0.717, 1.165) is 0 Å². The first-order valence-electron chi connectivity index (χ1n) is 5.81. The Labute approximate surface area is 116 Å². The maximum Gasteiger partial charge on any atom is 0.216 e. The maximum absolute atomic E-state index is 10.7. The van der Waals surface area contributed by atoms with Crippen LogP contribution in [0.4, 0.5) is 0 Å². The highest BCUT2D eigenvalue weighted by atomic mass is 35.5. The van der Waals surface area contributed by atoms with Crippen molar-refractivity contribution in [1.29, 1.82) is 0 Å². The zero-order valence-corrected chi connectivity index (χ0v) is 11.2. The van der Waals surface area contributed by atoms with E-state index in [1.165, 1.54) is 19.1 Å². The Kier molecular flexibility index (Phi) is 5.95. The molecule has 0 aromatic heterocycles. The van der Waals surface area contributed by atoms with Crippen molar-refractivity contribution >= 4 is 23.8 Å². The van der Waals surface area contributed by atoms with Gasteiger partial charge in [-0.1, -0.05) is 17.7 Å². The van der Waals surface area contributed by atoms with E-state index >= 15 is 0 Å². The number of aliphatic hydroxyl groups is 2. The summed E-state index contributed by atoms with van der Waals surface area (Å²) in [5.41, 5.74) is 0.661. The fourth-order valence-corrected chi connectivity index (χ4v) is 1.77. The monoisotopic (exact) mass is 285 g/mol. The first kappa shape index (κ1) is 15.6. The van der Waals surface area contributed by atoms with Crippen LogP contribution in [-0.2, 0) is 4.79 Å². The Bertz CT molecular complexity index is 464. The van der Waals surface area contributed by atoms with E-state index in [1.807, 2.05) is 0 Å². The van der Waals surface area contributed by atoms with E-state index in [9.17, 15) is 19.8 Å². The number of benzene rings is 1. The van der Waals surface area contributed by atoms with Crippen molar-refractivity contribution in [1.82, 2.24) is 5.32 Å². The quantitative estimate of drug-likeness (QED) is 0.683. The van der Waals surface area contributed by atoms with Gasteiger partial charge < -0.3 is 15.5 Å². The molecule has 0 bridgehead atoms. The molecular weight excluding hydrogens is 270 g/mol. The number of nitrogens with one attached hydrogen (secondary N) is 1. The van der Waals surface area contributed by atoms with E-state index < -0.39 is 12.2 Å². The molecule has 0 aliphatic carbocycles. The lowest BCUT2D eigenvalue weighted by Gasteiger charge is -2.18. The van der Waals surface area contributed by atoms with Crippen LogP contribution in [0.25, 0.3) is 0 Å². The van der Waals surface area contributed by atoms with Crippen LogP contribution in [0.1, 0.15) is 35.4 Å². The molecule has 1 rings (SSSR count). The summed E-state index contributed by atoms with van der Waals surface area (Å²) in [6, 6.07) is 4.47. The number of hydrogen-bond donors (Lipinski definition) is 3. The van der Waals surface area contributed by atoms with Crippen LogP contribution in [0.3, 0.4) is 0 Å². The summed E-state index contributed by atoms with van der Waals surface area (Å²) in [5.74, 6) is -0.198. The van der Waals surface area contributed by atoms with Gasteiger partial charge in [0.2, 0.25) is 5.91 Å². The first-order chi connectivity index (χ1) is 8.95. The zero-order valence-electron chi connectivity index (χ0n) is 10.5. The van der Waals surface area contributed by atoms with Crippen molar-refractivity contribution in [2.45, 2.75) is 25.6 Å². The Morgan fingerprint density at radius 1 is 1.47 bits per heavy atom. The minimum absolute atomic E-state index is 0.198. The van der Waals surface area contributed by atoms with Crippen LogP contribution >= 0.6 is 11.6 Å². The Morgan fingerprint density at radius 3 is 2.74 bits per heavy atom. The lowest BCUT2D eigenvalue weighted by molar-refractivity contribution is -0.119. The van der Waals surface area contributed by atoms with Gasteiger partial charge >= 0.3 is 0 Å². The number of carbonyl (C=O) groups is 2. The van der Waals surface area contributed by atoms with Gasteiger partial charge in [0.25, 0.3) is 0 Å². The topological polar surface area (TPSA) is 86.6 Å². The predicted molar refractivity (Wildman–Crippen MR) is 71.1 cm³/mol. The Balaban J connectivity index is 2.68. The molecule has 0 spiro atoms. The molecule has 2 atom stereocenters. The Hall–Kier alpha value is -1.43. The van der Waals surface area contributed by atoms with Crippen molar-refractivity contribution in [2.24, 2.45) is 0 Å². The van der Waals surface area contributed by atoms with Crippen molar-refractivity contribution in [3.8, 4) is 0 Å². The average molecular weight is 286 g/mol. The minimum atomic E-state index is -1.13. The first-order valence-corrected chi connectivity index (χ1v) is 6.18. The summed E-state index contributed by atoms with van der Waals surface area (Å²) in [5, 5.41) is 22.6. The molecule has 0 radical (unpaired) electrons. The molecule has 6 heteroatoms. The lowest BCUT2D eigenvalue weighted by Crippen LogP contribution is -2.27. The van der Waals surface area contributed by atoms with Crippen molar-refractivity contribution in [3.05, 3.63) is 34.3 Å². The highest BCUT2D eigenvalue weighted by molar-refractivity contribution is 6.32. The van der Waals surface area contributed by atoms with Crippen molar-refractivity contribution < 1.29 is 19.8 Å². The fourth-order valence-electron chi connectivity index (χ4n) is 1.61. The van der Waals surface area contributed by atoms with Crippen LogP contribution in [0.2, 0.25) is 5.02 Å².